The Morgan fingerprint density at radius 1 is 1.34 bits per heavy atom. The van der Waals surface area contributed by atoms with Gasteiger partial charge in [-0.3, -0.25) is 19.1 Å². The smallest absolute Gasteiger partial charge is 0.323 e. The van der Waals surface area contributed by atoms with Crippen molar-refractivity contribution in [2.45, 2.75) is 37.9 Å². The molecule has 0 radical (unpaired) electrons. The quantitative estimate of drug-likeness (QED) is 0.130. The van der Waals surface area contributed by atoms with Crippen LogP contribution in [-0.2, 0) is 36.5 Å². The van der Waals surface area contributed by atoms with Crippen molar-refractivity contribution in [3.05, 3.63) is 46.5 Å². The van der Waals surface area contributed by atoms with E-state index in [1.54, 1.807) is 30.2 Å². The molecule has 1 aromatic carbocycles. The average Bonchev–Trinajstić information content (AvgIpc) is 3.24. The summed E-state index contributed by atoms with van der Waals surface area (Å²) >= 11 is 1.62. The molecule has 0 aliphatic carbocycles. The molecule has 0 bridgehead atoms. The van der Waals surface area contributed by atoms with Crippen LogP contribution in [-0.4, -0.2) is 57.3 Å². The number of imidazole rings is 1. The molecule has 2 heterocycles. The van der Waals surface area contributed by atoms with Gasteiger partial charge in [-0.2, -0.15) is 4.98 Å². The van der Waals surface area contributed by atoms with E-state index >= 15 is 0 Å². The van der Waals surface area contributed by atoms with Crippen molar-refractivity contribution in [2.24, 2.45) is 0 Å². The number of aromatic nitrogens is 4. The van der Waals surface area contributed by atoms with Gasteiger partial charge in [-0.05, 0) is 37.8 Å². The molecule has 12 nitrogen and oxygen atoms in total. The Bertz CT molecular complexity index is 1250. The number of nitrogen functional groups attached to an aromatic ring is 1. The van der Waals surface area contributed by atoms with E-state index in [2.05, 4.69) is 20.0 Å². The monoisotopic (exact) mass is 524 g/mol. The molecule has 0 aliphatic heterocycles. The van der Waals surface area contributed by atoms with Crippen molar-refractivity contribution >= 4 is 42.4 Å². The summed E-state index contributed by atoms with van der Waals surface area (Å²) < 4.78 is 31.5. The number of carbonyl (C=O) groups is 1. The lowest BCUT2D eigenvalue weighted by atomic mass is 10.2. The number of aromatic amines is 1. The van der Waals surface area contributed by atoms with Gasteiger partial charge in [0.2, 0.25) is 5.95 Å². The molecule has 0 amide bonds. The van der Waals surface area contributed by atoms with Gasteiger partial charge in [0.05, 0.1) is 26.1 Å². The van der Waals surface area contributed by atoms with Crippen molar-refractivity contribution in [3.8, 4) is 0 Å². The molecule has 1 unspecified atom stereocenters. The Morgan fingerprint density at radius 2 is 2.09 bits per heavy atom. The predicted octanol–water partition coefficient (Wildman–Crippen LogP) is 2.35. The fraction of sp³-hybridized carbons (Fsp3) is 0.429. The van der Waals surface area contributed by atoms with Gasteiger partial charge in [0.1, 0.15) is 12.4 Å². The van der Waals surface area contributed by atoms with Gasteiger partial charge in [0, 0.05) is 11.4 Å². The maximum atomic E-state index is 13.5. The van der Waals surface area contributed by atoms with E-state index in [4.69, 9.17) is 19.7 Å². The van der Waals surface area contributed by atoms with Crippen LogP contribution in [0.15, 0.2) is 40.3 Å². The molecule has 190 valence electrons. The second-order valence-electron chi connectivity index (χ2n) is 7.50. The summed E-state index contributed by atoms with van der Waals surface area (Å²) in [5.74, 6) is -0.565. The predicted molar refractivity (Wildman–Crippen MR) is 133 cm³/mol. The number of hydrogen-bond donors (Lipinski definition) is 3. The average molecular weight is 525 g/mol. The van der Waals surface area contributed by atoms with Crippen LogP contribution < -0.4 is 16.4 Å². The summed E-state index contributed by atoms with van der Waals surface area (Å²) in [6.07, 6.45) is 3.14. The third-order valence-corrected chi connectivity index (χ3v) is 7.45. The third-order valence-electron chi connectivity index (χ3n) is 4.86. The van der Waals surface area contributed by atoms with Crippen molar-refractivity contribution in [1.82, 2.24) is 24.6 Å². The zero-order chi connectivity index (χ0) is 25.4. The largest absolute Gasteiger partial charge is 0.465 e. The number of nitrogens with two attached hydrogens (primary N) is 1. The highest BCUT2D eigenvalue weighted by Gasteiger charge is 2.29. The van der Waals surface area contributed by atoms with Crippen LogP contribution in [0.4, 0.5) is 5.95 Å². The topological polar surface area (TPSA) is 163 Å². The molecule has 3 aromatic rings. The number of ether oxygens (including phenoxy) is 2. The van der Waals surface area contributed by atoms with Crippen molar-refractivity contribution in [2.75, 3.05) is 31.6 Å². The lowest BCUT2D eigenvalue weighted by molar-refractivity contribution is -0.144. The van der Waals surface area contributed by atoms with E-state index in [1.165, 1.54) is 6.33 Å². The second-order valence-corrected chi connectivity index (χ2v) is 10.5. The summed E-state index contributed by atoms with van der Waals surface area (Å²) in [6.45, 7) is 3.90. The van der Waals surface area contributed by atoms with E-state index in [9.17, 15) is 14.2 Å². The number of carbonyl (C=O) groups excluding carboxylic acids is 1. The number of H-pyrrole nitrogens is 1. The minimum absolute atomic E-state index is 0.0224. The van der Waals surface area contributed by atoms with Crippen LogP contribution in [0, 0.1) is 0 Å². The van der Waals surface area contributed by atoms with Gasteiger partial charge in [-0.25, -0.2) is 10.1 Å². The first-order valence-corrected chi connectivity index (χ1v) is 13.9. The van der Waals surface area contributed by atoms with Crippen LogP contribution in [0.25, 0.3) is 11.2 Å². The van der Waals surface area contributed by atoms with Crippen LogP contribution in [0.1, 0.15) is 19.4 Å². The number of fused-ring (bicyclic) bond motifs is 1. The van der Waals surface area contributed by atoms with Gasteiger partial charge in [0.15, 0.2) is 11.2 Å². The molecule has 0 saturated heterocycles. The molecule has 4 N–H and O–H groups in total. The highest BCUT2D eigenvalue weighted by atomic mass is 32.2. The summed E-state index contributed by atoms with van der Waals surface area (Å²) in [5, 5.41) is 2.75. The SMILES string of the molecule is CCOC(=O)[C@@H](C)NP(=O)(COCCn1cnc2c(=O)[nH]c(N)nc21)OCc1ccc(SC)cc1. The molecule has 0 spiro atoms. The number of rotatable bonds is 13. The highest BCUT2D eigenvalue weighted by molar-refractivity contribution is 7.98. The van der Waals surface area contributed by atoms with E-state index < -0.39 is 25.1 Å². The van der Waals surface area contributed by atoms with Gasteiger partial charge in [0.25, 0.3) is 13.1 Å². The molecule has 2 atom stereocenters. The minimum atomic E-state index is -3.60. The molecular weight excluding hydrogens is 495 g/mol. The second kappa shape index (κ2) is 12.3. The fourth-order valence-electron chi connectivity index (χ4n) is 3.11. The Kier molecular flexibility index (Phi) is 9.47. The van der Waals surface area contributed by atoms with Crippen LogP contribution >= 0.6 is 19.3 Å². The number of anilines is 1. The lowest BCUT2D eigenvalue weighted by Crippen LogP contribution is -2.34. The number of esters is 1. The molecule has 3 rings (SSSR count). The number of nitrogens with zero attached hydrogens (tertiary/aromatic N) is 3. The molecular formula is C21H29N6O6PS. The number of hydrogen-bond acceptors (Lipinski definition) is 10. The normalized spacial score (nSPS) is 14.0. The molecule has 2 aromatic heterocycles. The van der Waals surface area contributed by atoms with E-state index in [1.807, 2.05) is 30.5 Å². The Balaban J connectivity index is 1.64. The van der Waals surface area contributed by atoms with Gasteiger partial charge < -0.3 is 24.3 Å². The summed E-state index contributed by atoms with van der Waals surface area (Å²) in [4.78, 5) is 35.6. The van der Waals surface area contributed by atoms with Gasteiger partial charge in [-0.1, -0.05) is 12.1 Å². The van der Waals surface area contributed by atoms with Gasteiger partial charge >= 0.3 is 5.97 Å². The van der Waals surface area contributed by atoms with E-state index in [0.717, 1.165) is 10.5 Å². The van der Waals surface area contributed by atoms with E-state index in [0.29, 0.717) is 5.65 Å². The number of thioether (sulfide) groups is 1. The third kappa shape index (κ3) is 7.39. The zero-order valence-corrected chi connectivity index (χ0v) is 21.4. The zero-order valence-electron chi connectivity index (χ0n) is 19.7. The van der Waals surface area contributed by atoms with Crippen LogP contribution in [0.3, 0.4) is 0 Å². The van der Waals surface area contributed by atoms with Crippen molar-refractivity contribution in [1.29, 1.82) is 0 Å². The van der Waals surface area contributed by atoms with E-state index in [-0.39, 0.29) is 44.2 Å². The summed E-state index contributed by atoms with van der Waals surface area (Å²) in [5.41, 5.74) is 6.48. The lowest BCUT2D eigenvalue weighted by Gasteiger charge is -2.23. The summed E-state index contributed by atoms with van der Waals surface area (Å²) in [6, 6.07) is 6.80. The first kappa shape index (κ1) is 26.9. The summed E-state index contributed by atoms with van der Waals surface area (Å²) in [7, 11) is -3.60. The van der Waals surface area contributed by atoms with Crippen LogP contribution in [0.2, 0.25) is 0 Å². The first-order chi connectivity index (χ1) is 16.7. The number of nitrogens with one attached hydrogen (secondary N) is 2. The number of benzene rings is 1. The van der Waals surface area contributed by atoms with Crippen molar-refractivity contribution < 1.29 is 23.4 Å². The molecule has 0 saturated carbocycles. The maximum Gasteiger partial charge on any atom is 0.323 e. The van der Waals surface area contributed by atoms with Crippen LogP contribution in [0.5, 0.6) is 0 Å². The highest BCUT2D eigenvalue weighted by Crippen LogP contribution is 2.44. The standard InChI is InChI=1S/C21H29N6O6PS/c1-4-32-20(29)14(2)26-34(30,33-11-15-5-7-16(35-3)8-6-15)13-31-10-9-27-12-23-17-18(27)24-21(22)25-19(17)28/h5-8,12,14H,4,9-11,13H2,1-3H3,(H,26,30)(H3,22,24,25,28)/t14-,34?/m1/s1. The Morgan fingerprint density at radius 3 is 2.77 bits per heavy atom. The Hall–Kier alpha value is -2.70. The van der Waals surface area contributed by atoms with Crippen molar-refractivity contribution in [3.63, 3.8) is 0 Å². The minimum Gasteiger partial charge on any atom is -0.465 e. The van der Waals surface area contributed by atoms with Gasteiger partial charge in [-0.15, -0.1) is 11.8 Å². The first-order valence-electron chi connectivity index (χ1n) is 10.8. The molecule has 35 heavy (non-hydrogen) atoms. The fourth-order valence-corrected chi connectivity index (χ4v) is 5.16. The molecule has 0 aliphatic rings. The molecule has 0 fully saturated rings. The maximum absolute atomic E-state index is 13.5. The Labute approximate surface area is 206 Å². The molecule has 14 heteroatoms.